The number of fused-ring (bicyclic) bond motifs is 2. The van der Waals surface area contributed by atoms with Crippen LogP contribution in [0.3, 0.4) is 0 Å². The van der Waals surface area contributed by atoms with E-state index in [1.807, 2.05) is 37.4 Å². The van der Waals surface area contributed by atoms with Gasteiger partial charge in [0.05, 0.1) is 12.7 Å². The fraction of sp³-hybridized carbons (Fsp3) is 0.304. The maximum absolute atomic E-state index is 12.6. The van der Waals surface area contributed by atoms with Gasteiger partial charge in [-0.25, -0.2) is 4.79 Å². The van der Waals surface area contributed by atoms with Crippen molar-refractivity contribution in [3.8, 4) is 5.75 Å². The molecule has 0 radical (unpaired) electrons. The molecule has 1 aliphatic heterocycles. The molecule has 2 aromatic carbocycles. The van der Waals surface area contributed by atoms with Crippen LogP contribution in [-0.2, 0) is 17.6 Å². The van der Waals surface area contributed by atoms with Gasteiger partial charge in [-0.15, -0.1) is 0 Å². The Hall–Kier alpha value is -3.28. The van der Waals surface area contributed by atoms with Gasteiger partial charge in [0.1, 0.15) is 11.9 Å². The van der Waals surface area contributed by atoms with Gasteiger partial charge in [-0.3, -0.25) is 4.79 Å². The number of rotatable bonds is 6. The van der Waals surface area contributed by atoms with E-state index in [4.69, 9.17) is 9.47 Å². The summed E-state index contributed by atoms with van der Waals surface area (Å²) in [7, 11) is 1.65. The lowest BCUT2D eigenvalue weighted by atomic mass is 9.95. The minimum atomic E-state index is -0.305. The van der Waals surface area contributed by atoms with E-state index in [0.29, 0.717) is 30.5 Å². The molecule has 0 spiro atoms. The third-order valence-corrected chi connectivity index (χ3v) is 5.42. The Labute approximate surface area is 169 Å². The van der Waals surface area contributed by atoms with Crippen molar-refractivity contribution in [3.05, 3.63) is 64.8 Å². The maximum Gasteiger partial charge on any atom is 0.338 e. The molecule has 0 fully saturated rings. The SMILES string of the molecule is CCC1Cc2cc(C(=O)NCCc3c[nH]c4cc(OC)ccc34)ccc2C(=O)O1. The van der Waals surface area contributed by atoms with E-state index in [1.165, 1.54) is 0 Å². The largest absolute Gasteiger partial charge is 0.497 e. The lowest BCUT2D eigenvalue weighted by Gasteiger charge is -2.24. The Kier molecular flexibility index (Phi) is 5.25. The highest BCUT2D eigenvalue weighted by Gasteiger charge is 2.25. The van der Waals surface area contributed by atoms with Gasteiger partial charge >= 0.3 is 5.97 Å². The summed E-state index contributed by atoms with van der Waals surface area (Å²) < 4.78 is 10.6. The Morgan fingerprint density at radius 2 is 2.14 bits per heavy atom. The molecule has 1 unspecified atom stereocenters. The minimum Gasteiger partial charge on any atom is -0.497 e. The van der Waals surface area contributed by atoms with Crippen molar-refractivity contribution in [2.24, 2.45) is 0 Å². The fourth-order valence-electron chi connectivity index (χ4n) is 3.74. The summed E-state index contributed by atoms with van der Waals surface area (Å²) in [4.78, 5) is 27.9. The zero-order chi connectivity index (χ0) is 20.4. The Morgan fingerprint density at radius 1 is 1.28 bits per heavy atom. The molecule has 0 saturated heterocycles. The van der Waals surface area contributed by atoms with Crippen LogP contribution in [0.25, 0.3) is 10.9 Å². The average Bonchev–Trinajstić information content (AvgIpc) is 3.15. The predicted octanol–water partition coefficient (Wildman–Crippen LogP) is 3.64. The van der Waals surface area contributed by atoms with Crippen LogP contribution in [0.2, 0.25) is 0 Å². The quantitative estimate of drug-likeness (QED) is 0.628. The molecule has 3 aromatic rings. The van der Waals surface area contributed by atoms with Crippen molar-refractivity contribution in [2.75, 3.05) is 13.7 Å². The number of nitrogens with one attached hydrogen (secondary N) is 2. The molecule has 2 N–H and O–H groups in total. The topological polar surface area (TPSA) is 80.4 Å². The van der Waals surface area contributed by atoms with Gasteiger partial charge in [0, 0.05) is 41.7 Å². The third kappa shape index (κ3) is 3.83. The van der Waals surface area contributed by atoms with Crippen LogP contribution in [0, 0.1) is 0 Å². The number of esters is 1. The number of carbonyl (C=O) groups excluding carboxylic acids is 2. The normalized spacial score (nSPS) is 15.7. The Balaban J connectivity index is 1.41. The van der Waals surface area contributed by atoms with Crippen molar-refractivity contribution in [2.45, 2.75) is 32.3 Å². The number of H-pyrrole nitrogens is 1. The van der Waals surface area contributed by atoms with Crippen LogP contribution in [0.4, 0.5) is 0 Å². The fourth-order valence-corrected chi connectivity index (χ4v) is 3.74. The van der Waals surface area contributed by atoms with Crippen LogP contribution in [0.1, 0.15) is 45.2 Å². The smallest absolute Gasteiger partial charge is 0.338 e. The van der Waals surface area contributed by atoms with Gasteiger partial charge in [-0.05, 0) is 54.3 Å². The van der Waals surface area contributed by atoms with Crippen molar-refractivity contribution >= 4 is 22.8 Å². The number of amides is 1. The second-order valence-electron chi connectivity index (χ2n) is 7.24. The highest BCUT2D eigenvalue weighted by Crippen LogP contribution is 2.24. The molecule has 0 bridgehead atoms. The molecule has 1 atom stereocenters. The summed E-state index contributed by atoms with van der Waals surface area (Å²) in [6.45, 7) is 2.51. The second kappa shape index (κ2) is 7.99. The number of aromatic nitrogens is 1. The van der Waals surface area contributed by atoms with Crippen molar-refractivity contribution < 1.29 is 19.1 Å². The lowest BCUT2D eigenvalue weighted by Crippen LogP contribution is -2.29. The first-order valence-electron chi connectivity index (χ1n) is 9.85. The summed E-state index contributed by atoms with van der Waals surface area (Å²) in [5.74, 6) is 0.364. The molecular weight excluding hydrogens is 368 g/mol. The highest BCUT2D eigenvalue weighted by atomic mass is 16.5. The average molecular weight is 392 g/mol. The Bertz CT molecular complexity index is 1070. The number of hydrogen-bond acceptors (Lipinski definition) is 4. The van der Waals surface area contributed by atoms with E-state index < -0.39 is 0 Å². The molecule has 0 saturated carbocycles. The standard InChI is InChI=1S/C23H24N2O4/c1-3-17-11-16-10-14(4-6-20(16)23(27)29-17)22(26)24-9-8-15-13-25-21-12-18(28-2)5-7-19(15)21/h4-7,10,12-13,17,25H,3,8-9,11H2,1-2H3,(H,24,26). The molecule has 6 heteroatoms. The second-order valence-corrected chi connectivity index (χ2v) is 7.24. The molecule has 0 aliphatic carbocycles. The summed E-state index contributed by atoms with van der Waals surface area (Å²) >= 11 is 0. The third-order valence-electron chi connectivity index (χ3n) is 5.42. The molecule has 1 aliphatic rings. The minimum absolute atomic E-state index is 0.117. The monoisotopic (exact) mass is 392 g/mol. The van der Waals surface area contributed by atoms with Crippen LogP contribution in [-0.4, -0.2) is 36.6 Å². The van der Waals surface area contributed by atoms with E-state index in [9.17, 15) is 9.59 Å². The molecule has 6 nitrogen and oxygen atoms in total. The van der Waals surface area contributed by atoms with Crippen LogP contribution < -0.4 is 10.1 Å². The Morgan fingerprint density at radius 3 is 2.93 bits per heavy atom. The number of aromatic amines is 1. The van der Waals surface area contributed by atoms with Crippen LogP contribution in [0.5, 0.6) is 5.75 Å². The number of carbonyl (C=O) groups is 2. The molecule has 150 valence electrons. The van der Waals surface area contributed by atoms with E-state index in [-0.39, 0.29) is 18.0 Å². The first kappa shape index (κ1) is 19.1. The maximum atomic E-state index is 12.6. The molecule has 1 amide bonds. The zero-order valence-corrected chi connectivity index (χ0v) is 16.6. The van der Waals surface area contributed by atoms with Gasteiger partial charge < -0.3 is 19.8 Å². The van der Waals surface area contributed by atoms with Crippen molar-refractivity contribution in [3.63, 3.8) is 0 Å². The number of hydrogen-bond donors (Lipinski definition) is 2. The van der Waals surface area contributed by atoms with Gasteiger partial charge in [-0.1, -0.05) is 6.92 Å². The summed E-state index contributed by atoms with van der Waals surface area (Å²) in [5, 5.41) is 4.10. The molecule has 4 rings (SSSR count). The van der Waals surface area contributed by atoms with Crippen molar-refractivity contribution in [1.82, 2.24) is 10.3 Å². The number of cyclic esters (lactones) is 1. The van der Waals surface area contributed by atoms with E-state index in [2.05, 4.69) is 10.3 Å². The van der Waals surface area contributed by atoms with Gasteiger partial charge in [0.2, 0.25) is 0 Å². The number of ether oxygens (including phenoxy) is 2. The summed E-state index contributed by atoms with van der Waals surface area (Å²) in [5.41, 5.74) is 4.16. The van der Waals surface area contributed by atoms with Crippen LogP contribution in [0.15, 0.2) is 42.6 Å². The zero-order valence-electron chi connectivity index (χ0n) is 16.6. The summed E-state index contributed by atoms with van der Waals surface area (Å²) in [6.07, 6.45) is 3.97. The van der Waals surface area contributed by atoms with E-state index in [0.717, 1.165) is 34.2 Å². The van der Waals surface area contributed by atoms with Gasteiger partial charge in [0.25, 0.3) is 5.91 Å². The number of benzene rings is 2. The number of methoxy groups -OCH3 is 1. The molecule has 29 heavy (non-hydrogen) atoms. The highest BCUT2D eigenvalue weighted by molar-refractivity contribution is 5.97. The predicted molar refractivity (Wildman–Crippen MR) is 111 cm³/mol. The van der Waals surface area contributed by atoms with E-state index in [1.54, 1.807) is 19.2 Å². The van der Waals surface area contributed by atoms with Gasteiger partial charge in [0.15, 0.2) is 0 Å². The van der Waals surface area contributed by atoms with E-state index >= 15 is 0 Å². The first-order valence-corrected chi connectivity index (χ1v) is 9.85. The van der Waals surface area contributed by atoms with Crippen LogP contribution >= 0.6 is 0 Å². The lowest BCUT2D eigenvalue weighted by molar-refractivity contribution is 0.0249. The molecule has 1 aromatic heterocycles. The molecular formula is C23H24N2O4. The summed E-state index contributed by atoms with van der Waals surface area (Å²) in [6, 6.07) is 11.1. The van der Waals surface area contributed by atoms with Gasteiger partial charge in [-0.2, -0.15) is 0 Å². The molecule has 2 heterocycles. The first-order chi connectivity index (χ1) is 14.1. The van der Waals surface area contributed by atoms with Crippen molar-refractivity contribution in [1.29, 1.82) is 0 Å².